The van der Waals surface area contributed by atoms with Crippen molar-refractivity contribution in [2.24, 2.45) is 0 Å². The summed E-state index contributed by atoms with van der Waals surface area (Å²) in [6, 6.07) is 12.2. The van der Waals surface area contributed by atoms with Crippen molar-refractivity contribution < 1.29 is 14.0 Å². The van der Waals surface area contributed by atoms with Crippen LogP contribution in [-0.4, -0.2) is 61.3 Å². The minimum atomic E-state index is -0.391. The second-order valence-electron chi connectivity index (χ2n) is 6.54. The third kappa shape index (κ3) is 4.74. The molecule has 0 aromatic heterocycles. The highest BCUT2D eigenvalue weighted by Crippen LogP contribution is 2.14. The lowest BCUT2D eigenvalue weighted by Gasteiger charge is -2.31. The van der Waals surface area contributed by atoms with E-state index in [1.165, 1.54) is 24.3 Å². The highest BCUT2D eigenvalue weighted by Gasteiger charge is 2.17. The summed E-state index contributed by atoms with van der Waals surface area (Å²) in [7, 11) is 2.08. The fourth-order valence-electron chi connectivity index (χ4n) is 2.88. The number of nitrogens with zero attached hydrogens (tertiary/aromatic N) is 2. The number of benzene rings is 2. The number of carbonyl (C=O) groups is 2. The van der Waals surface area contributed by atoms with Crippen LogP contribution in [0, 0.1) is 5.82 Å². The number of halogens is 1. The van der Waals surface area contributed by atoms with E-state index in [-0.39, 0.29) is 11.7 Å². The van der Waals surface area contributed by atoms with Crippen LogP contribution in [0.3, 0.4) is 0 Å². The average molecular weight is 355 g/mol. The summed E-state index contributed by atoms with van der Waals surface area (Å²) in [4.78, 5) is 29.1. The van der Waals surface area contributed by atoms with E-state index in [4.69, 9.17) is 0 Å². The predicted molar refractivity (Wildman–Crippen MR) is 99.1 cm³/mol. The maximum Gasteiger partial charge on any atom is 0.255 e. The van der Waals surface area contributed by atoms with Gasteiger partial charge in [0.05, 0.1) is 6.54 Å². The maximum atomic E-state index is 13.0. The van der Waals surface area contributed by atoms with Gasteiger partial charge in [-0.3, -0.25) is 14.5 Å². The molecular weight excluding hydrogens is 333 g/mol. The summed E-state index contributed by atoms with van der Waals surface area (Å²) in [5, 5.41) is 2.75. The Balaban J connectivity index is 1.63. The van der Waals surface area contributed by atoms with Crippen molar-refractivity contribution in [1.82, 2.24) is 9.80 Å². The van der Waals surface area contributed by atoms with E-state index in [0.29, 0.717) is 23.4 Å². The molecule has 0 radical (unpaired) electrons. The van der Waals surface area contributed by atoms with Crippen molar-refractivity contribution in [3.05, 3.63) is 65.5 Å². The van der Waals surface area contributed by atoms with E-state index in [1.54, 1.807) is 24.3 Å². The molecule has 1 heterocycles. The molecule has 2 aromatic rings. The highest BCUT2D eigenvalue weighted by molar-refractivity contribution is 6.05. The molecule has 0 unspecified atom stereocenters. The van der Waals surface area contributed by atoms with Crippen molar-refractivity contribution in [1.29, 1.82) is 0 Å². The monoisotopic (exact) mass is 355 g/mol. The van der Waals surface area contributed by atoms with Crippen molar-refractivity contribution in [3.8, 4) is 0 Å². The number of hydrogen-bond donors (Lipinski definition) is 1. The molecule has 1 aliphatic heterocycles. The van der Waals surface area contributed by atoms with E-state index in [1.807, 2.05) is 0 Å². The van der Waals surface area contributed by atoms with Gasteiger partial charge in [0.1, 0.15) is 5.82 Å². The highest BCUT2D eigenvalue weighted by atomic mass is 19.1. The molecule has 26 heavy (non-hydrogen) atoms. The number of rotatable bonds is 5. The zero-order valence-corrected chi connectivity index (χ0v) is 14.7. The van der Waals surface area contributed by atoms with E-state index in [9.17, 15) is 14.0 Å². The summed E-state index contributed by atoms with van der Waals surface area (Å²) < 4.78 is 13.0. The van der Waals surface area contributed by atoms with Gasteiger partial charge in [-0.25, -0.2) is 4.39 Å². The summed E-state index contributed by atoms with van der Waals surface area (Å²) in [5.74, 6) is -0.695. The Morgan fingerprint density at radius 1 is 1.00 bits per heavy atom. The number of ketones is 1. The number of nitrogens with one attached hydrogen (secondary N) is 1. The minimum Gasteiger partial charge on any atom is -0.322 e. The molecule has 1 N–H and O–H groups in total. The van der Waals surface area contributed by atoms with Crippen LogP contribution in [0.5, 0.6) is 0 Å². The molecule has 0 saturated carbocycles. The maximum absolute atomic E-state index is 13.0. The molecule has 1 aliphatic rings. The second-order valence-corrected chi connectivity index (χ2v) is 6.54. The number of hydrogen-bond acceptors (Lipinski definition) is 4. The largest absolute Gasteiger partial charge is 0.322 e. The lowest BCUT2D eigenvalue weighted by molar-refractivity contribution is 0.0876. The van der Waals surface area contributed by atoms with Gasteiger partial charge in [0.15, 0.2) is 5.78 Å². The Labute approximate surface area is 152 Å². The van der Waals surface area contributed by atoms with Gasteiger partial charge in [0.25, 0.3) is 5.91 Å². The average Bonchev–Trinajstić information content (AvgIpc) is 2.64. The zero-order valence-electron chi connectivity index (χ0n) is 14.7. The van der Waals surface area contributed by atoms with Gasteiger partial charge in [-0.15, -0.1) is 0 Å². The van der Waals surface area contributed by atoms with E-state index >= 15 is 0 Å². The molecule has 1 fully saturated rings. The van der Waals surface area contributed by atoms with Crippen LogP contribution in [0.1, 0.15) is 20.7 Å². The Morgan fingerprint density at radius 2 is 1.69 bits per heavy atom. The summed E-state index contributed by atoms with van der Waals surface area (Å²) in [6.45, 7) is 4.05. The van der Waals surface area contributed by atoms with Gasteiger partial charge in [-0.2, -0.15) is 0 Å². The lowest BCUT2D eigenvalue weighted by Crippen LogP contribution is -2.46. The number of anilines is 1. The molecule has 0 atom stereocenters. The van der Waals surface area contributed by atoms with Crippen LogP contribution in [-0.2, 0) is 0 Å². The molecular formula is C20H22FN3O2. The van der Waals surface area contributed by atoms with Crippen molar-refractivity contribution in [2.45, 2.75) is 0 Å². The fraction of sp³-hybridized carbons (Fsp3) is 0.300. The molecule has 3 rings (SSSR count). The molecule has 136 valence electrons. The molecule has 1 saturated heterocycles. The third-order valence-corrected chi connectivity index (χ3v) is 4.51. The van der Waals surface area contributed by atoms with Gasteiger partial charge >= 0.3 is 0 Å². The van der Waals surface area contributed by atoms with Gasteiger partial charge in [0.2, 0.25) is 0 Å². The normalized spacial score (nSPS) is 15.6. The Kier molecular flexibility index (Phi) is 5.75. The van der Waals surface area contributed by atoms with Crippen LogP contribution in [0.4, 0.5) is 10.1 Å². The van der Waals surface area contributed by atoms with Crippen LogP contribution < -0.4 is 5.32 Å². The second kappa shape index (κ2) is 8.21. The summed E-state index contributed by atoms with van der Waals surface area (Å²) >= 11 is 0. The fourth-order valence-corrected chi connectivity index (χ4v) is 2.88. The zero-order chi connectivity index (χ0) is 18.5. The Morgan fingerprint density at radius 3 is 2.38 bits per heavy atom. The molecule has 5 nitrogen and oxygen atoms in total. The Bertz CT molecular complexity index is 784. The van der Waals surface area contributed by atoms with E-state index < -0.39 is 5.82 Å². The van der Waals surface area contributed by atoms with Crippen molar-refractivity contribution >= 4 is 17.4 Å². The van der Waals surface area contributed by atoms with E-state index in [2.05, 4.69) is 22.2 Å². The van der Waals surface area contributed by atoms with Gasteiger partial charge < -0.3 is 10.2 Å². The molecule has 0 spiro atoms. The first kappa shape index (κ1) is 18.2. The molecule has 0 bridgehead atoms. The SMILES string of the molecule is CN1CCN(CC(=O)c2cccc(NC(=O)c3ccc(F)cc3)c2)CC1. The molecule has 6 heteroatoms. The first-order chi connectivity index (χ1) is 12.5. The number of Topliss-reactive ketones (excluding diaryl/α,β-unsaturated/α-hetero) is 1. The minimum absolute atomic E-state index is 0.0347. The summed E-state index contributed by atoms with van der Waals surface area (Å²) in [6.07, 6.45) is 0. The first-order valence-electron chi connectivity index (χ1n) is 8.62. The van der Waals surface area contributed by atoms with Crippen LogP contribution in [0.15, 0.2) is 48.5 Å². The topological polar surface area (TPSA) is 52.6 Å². The van der Waals surface area contributed by atoms with E-state index in [0.717, 1.165) is 26.2 Å². The number of carbonyl (C=O) groups excluding carboxylic acids is 2. The van der Waals surface area contributed by atoms with Crippen molar-refractivity contribution in [2.75, 3.05) is 45.1 Å². The Hall–Kier alpha value is -2.57. The number of piperazine rings is 1. The van der Waals surface area contributed by atoms with Crippen LogP contribution in [0.25, 0.3) is 0 Å². The van der Waals surface area contributed by atoms with Crippen LogP contribution in [0.2, 0.25) is 0 Å². The van der Waals surface area contributed by atoms with Crippen LogP contribution >= 0.6 is 0 Å². The van der Waals surface area contributed by atoms with Gasteiger partial charge in [0, 0.05) is 43.0 Å². The third-order valence-electron chi connectivity index (χ3n) is 4.51. The summed E-state index contributed by atoms with van der Waals surface area (Å²) in [5.41, 5.74) is 1.48. The van der Waals surface area contributed by atoms with Gasteiger partial charge in [-0.05, 0) is 43.4 Å². The quantitative estimate of drug-likeness (QED) is 0.838. The standard InChI is InChI=1S/C20H22FN3O2/c1-23-9-11-24(12-10-23)14-19(25)16-3-2-4-18(13-16)22-20(26)15-5-7-17(21)8-6-15/h2-8,13H,9-12,14H2,1H3,(H,22,26). The molecule has 0 aliphatic carbocycles. The molecule has 2 aromatic carbocycles. The predicted octanol–water partition coefficient (Wildman–Crippen LogP) is 2.51. The first-order valence-corrected chi connectivity index (χ1v) is 8.62. The van der Waals surface area contributed by atoms with Crippen molar-refractivity contribution in [3.63, 3.8) is 0 Å². The smallest absolute Gasteiger partial charge is 0.255 e. The molecule has 1 amide bonds. The lowest BCUT2D eigenvalue weighted by atomic mass is 10.1. The number of likely N-dealkylation sites (N-methyl/N-ethyl adjacent to an activating group) is 1. The number of amides is 1. The van der Waals surface area contributed by atoms with Gasteiger partial charge in [-0.1, -0.05) is 12.1 Å².